The molecule has 1 unspecified atom stereocenters. The molecule has 0 fully saturated rings. The minimum Gasteiger partial charge on any atom is -0.461 e. The molecule has 0 aromatic heterocycles. The summed E-state index contributed by atoms with van der Waals surface area (Å²) in [5.41, 5.74) is 1.44. The van der Waals surface area contributed by atoms with Gasteiger partial charge in [-0.3, -0.25) is 14.4 Å². The zero-order chi connectivity index (χ0) is 17.8. The van der Waals surface area contributed by atoms with Crippen LogP contribution in [0.1, 0.15) is 22.3 Å². The molecule has 128 valence electrons. The SMILES string of the molecule is O=C(CC1NC(=O)c2cc(Cl)ccc2NC1=O)OCc1ccccc1. The molecule has 0 bridgehead atoms. The number of amides is 2. The number of carbonyl (C=O) groups excluding carboxylic acids is 3. The highest BCUT2D eigenvalue weighted by molar-refractivity contribution is 6.31. The van der Waals surface area contributed by atoms with Crippen LogP contribution in [0.25, 0.3) is 0 Å². The highest BCUT2D eigenvalue weighted by atomic mass is 35.5. The van der Waals surface area contributed by atoms with E-state index in [1.807, 2.05) is 30.3 Å². The molecule has 3 rings (SSSR count). The lowest BCUT2D eigenvalue weighted by Gasteiger charge is -2.14. The lowest BCUT2D eigenvalue weighted by molar-refractivity contribution is -0.146. The van der Waals surface area contributed by atoms with Crippen molar-refractivity contribution >= 4 is 35.1 Å². The summed E-state index contributed by atoms with van der Waals surface area (Å²) in [6, 6.07) is 12.8. The fourth-order valence-corrected chi connectivity index (χ4v) is 2.61. The van der Waals surface area contributed by atoms with Crippen LogP contribution in [-0.4, -0.2) is 23.8 Å². The van der Waals surface area contributed by atoms with Gasteiger partial charge in [0.2, 0.25) is 5.91 Å². The Kier molecular flexibility index (Phi) is 5.00. The van der Waals surface area contributed by atoms with Crippen molar-refractivity contribution in [3.8, 4) is 0 Å². The van der Waals surface area contributed by atoms with Crippen molar-refractivity contribution in [3.63, 3.8) is 0 Å². The van der Waals surface area contributed by atoms with Crippen LogP contribution in [0.5, 0.6) is 0 Å². The van der Waals surface area contributed by atoms with Gasteiger partial charge in [-0.05, 0) is 23.8 Å². The highest BCUT2D eigenvalue weighted by Gasteiger charge is 2.30. The van der Waals surface area contributed by atoms with E-state index in [1.54, 1.807) is 12.1 Å². The van der Waals surface area contributed by atoms with E-state index in [0.29, 0.717) is 10.7 Å². The summed E-state index contributed by atoms with van der Waals surface area (Å²) in [5, 5.41) is 5.53. The van der Waals surface area contributed by atoms with Gasteiger partial charge in [-0.2, -0.15) is 0 Å². The molecule has 2 N–H and O–H groups in total. The molecule has 1 heterocycles. The van der Waals surface area contributed by atoms with Gasteiger partial charge in [0.1, 0.15) is 12.6 Å². The molecule has 1 aliphatic rings. The maximum Gasteiger partial charge on any atom is 0.308 e. The van der Waals surface area contributed by atoms with Crippen molar-refractivity contribution in [2.24, 2.45) is 0 Å². The summed E-state index contributed by atoms with van der Waals surface area (Å²) in [6.45, 7) is 0.109. The molecule has 0 saturated heterocycles. The first-order chi connectivity index (χ1) is 12.0. The number of anilines is 1. The third kappa shape index (κ3) is 4.16. The van der Waals surface area contributed by atoms with Crippen LogP contribution in [-0.2, 0) is 20.9 Å². The Bertz CT molecular complexity index is 823. The molecule has 2 amide bonds. The number of fused-ring (bicyclic) bond motifs is 1. The predicted octanol–water partition coefficient (Wildman–Crippen LogP) is 2.52. The van der Waals surface area contributed by atoms with Crippen LogP contribution in [0.3, 0.4) is 0 Å². The Hall–Kier alpha value is -2.86. The Balaban J connectivity index is 1.64. The molecular formula is C18H15ClN2O4. The first-order valence-corrected chi connectivity index (χ1v) is 8.01. The van der Waals surface area contributed by atoms with E-state index in [4.69, 9.17) is 16.3 Å². The molecular weight excluding hydrogens is 344 g/mol. The average Bonchev–Trinajstić information content (AvgIpc) is 2.71. The van der Waals surface area contributed by atoms with Gasteiger partial charge in [-0.15, -0.1) is 0 Å². The molecule has 0 saturated carbocycles. The second-order valence-corrected chi connectivity index (χ2v) is 5.99. The summed E-state index contributed by atoms with van der Waals surface area (Å²) in [6.07, 6.45) is -0.258. The monoisotopic (exact) mass is 358 g/mol. The van der Waals surface area contributed by atoms with Crippen LogP contribution >= 0.6 is 11.6 Å². The standard InChI is InChI=1S/C18H15ClN2O4/c19-12-6-7-14-13(8-12)17(23)21-15(18(24)20-14)9-16(22)25-10-11-4-2-1-3-5-11/h1-8,15H,9-10H2,(H,20,24)(H,21,23). The minimum atomic E-state index is -1.01. The molecule has 6 nitrogen and oxygen atoms in total. The number of ether oxygens (including phenoxy) is 1. The Labute approximate surface area is 149 Å². The van der Waals surface area contributed by atoms with Gasteiger partial charge < -0.3 is 15.4 Å². The third-order valence-electron chi connectivity index (χ3n) is 3.72. The minimum absolute atomic E-state index is 0.109. The Morgan fingerprint density at radius 2 is 1.88 bits per heavy atom. The highest BCUT2D eigenvalue weighted by Crippen LogP contribution is 2.23. The second kappa shape index (κ2) is 7.36. The summed E-state index contributed by atoms with van der Waals surface area (Å²) in [5.74, 6) is -1.53. The van der Waals surface area contributed by atoms with Gasteiger partial charge in [-0.25, -0.2) is 0 Å². The summed E-state index contributed by atoms with van der Waals surface area (Å²) in [7, 11) is 0. The van der Waals surface area contributed by atoms with Crippen LogP contribution in [0.4, 0.5) is 5.69 Å². The van der Waals surface area contributed by atoms with Crippen molar-refractivity contribution in [1.82, 2.24) is 5.32 Å². The molecule has 0 radical (unpaired) electrons. The molecule has 0 aliphatic carbocycles. The van der Waals surface area contributed by atoms with Crippen molar-refractivity contribution in [2.75, 3.05) is 5.32 Å². The van der Waals surface area contributed by atoms with E-state index in [-0.39, 0.29) is 18.6 Å². The fourth-order valence-electron chi connectivity index (χ4n) is 2.44. The number of nitrogens with one attached hydrogen (secondary N) is 2. The normalized spacial score (nSPS) is 16.3. The summed E-state index contributed by atoms with van der Waals surface area (Å²) in [4.78, 5) is 36.5. The van der Waals surface area contributed by atoms with Crippen molar-refractivity contribution in [3.05, 3.63) is 64.7 Å². The number of carbonyl (C=O) groups is 3. The van der Waals surface area contributed by atoms with Gasteiger partial charge in [-0.1, -0.05) is 41.9 Å². The van der Waals surface area contributed by atoms with Gasteiger partial charge in [0, 0.05) is 5.02 Å². The zero-order valence-corrected chi connectivity index (χ0v) is 13.9. The number of hydrogen-bond donors (Lipinski definition) is 2. The molecule has 2 aromatic rings. The fraction of sp³-hybridized carbons (Fsp3) is 0.167. The quantitative estimate of drug-likeness (QED) is 0.822. The van der Waals surface area contributed by atoms with E-state index in [9.17, 15) is 14.4 Å². The van der Waals surface area contributed by atoms with Gasteiger partial charge >= 0.3 is 5.97 Å². The topological polar surface area (TPSA) is 84.5 Å². The van der Waals surface area contributed by atoms with E-state index < -0.39 is 23.8 Å². The second-order valence-electron chi connectivity index (χ2n) is 5.56. The summed E-state index contributed by atoms with van der Waals surface area (Å²) < 4.78 is 5.16. The maximum atomic E-state index is 12.3. The van der Waals surface area contributed by atoms with Gasteiger partial charge in [0.05, 0.1) is 17.7 Å². The molecule has 0 spiro atoms. The van der Waals surface area contributed by atoms with E-state index in [1.165, 1.54) is 6.07 Å². The predicted molar refractivity (Wildman–Crippen MR) is 92.2 cm³/mol. The van der Waals surface area contributed by atoms with Crippen LogP contribution in [0.15, 0.2) is 48.5 Å². The lowest BCUT2D eigenvalue weighted by atomic mass is 10.1. The third-order valence-corrected chi connectivity index (χ3v) is 3.95. The average molecular weight is 359 g/mol. The summed E-state index contributed by atoms with van der Waals surface area (Å²) >= 11 is 5.88. The molecule has 1 aliphatic heterocycles. The zero-order valence-electron chi connectivity index (χ0n) is 13.1. The van der Waals surface area contributed by atoms with Crippen molar-refractivity contribution < 1.29 is 19.1 Å². The Morgan fingerprint density at radius 1 is 1.12 bits per heavy atom. The first kappa shape index (κ1) is 17.0. The Morgan fingerprint density at radius 3 is 2.64 bits per heavy atom. The number of esters is 1. The number of rotatable bonds is 4. The molecule has 7 heteroatoms. The maximum absolute atomic E-state index is 12.3. The largest absolute Gasteiger partial charge is 0.461 e. The van der Waals surface area contributed by atoms with E-state index >= 15 is 0 Å². The molecule has 25 heavy (non-hydrogen) atoms. The number of hydrogen-bond acceptors (Lipinski definition) is 4. The van der Waals surface area contributed by atoms with Gasteiger partial charge in [0.15, 0.2) is 0 Å². The van der Waals surface area contributed by atoms with Gasteiger partial charge in [0.25, 0.3) is 5.91 Å². The van der Waals surface area contributed by atoms with Crippen LogP contribution in [0.2, 0.25) is 5.02 Å². The van der Waals surface area contributed by atoms with Crippen LogP contribution < -0.4 is 10.6 Å². The van der Waals surface area contributed by atoms with Crippen molar-refractivity contribution in [2.45, 2.75) is 19.1 Å². The number of halogens is 1. The lowest BCUT2D eigenvalue weighted by Crippen LogP contribution is -2.42. The molecule has 2 aromatic carbocycles. The van der Waals surface area contributed by atoms with Crippen LogP contribution in [0, 0.1) is 0 Å². The first-order valence-electron chi connectivity index (χ1n) is 7.64. The number of benzene rings is 2. The van der Waals surface area contributed by atoms with E-state index in [2.05, 4.69) is 10.6 Å². The smallest absolute Gasteiger partial charge is 0.308 e. The molecule has 1 atom stereocenters. The van der Waals surface area contributed by atoms with E-state index in [0.717, 1.165) is 5.56 Å². The van der Waals surface area contributed by atoms with Crippen molar-refractivity contribution in [1.29, 1.82) is 0 Å².